The fourth-order valence-electron chi connectivity index (χ4n) is 3.12. The molecule has 1 aliphatic rings. The van der Waals surface area contributed by atoms with Crippen LogP contribution >= 0.6 is 0 Å². The molecule has 2 amide bonds. The van der Waals surface area contributed by atoms with Gasteiger partial charge >= 0.3 is 0 Å². The SMILES string of the molecule is COc1cccc(CC(=O)N2CCN(C(=O)c3cc(C(C)=O)c[nH]3)CC2)c1. The molecule has 1 aromatic heterocycles. The largest absolute Gasteiger partial charge is 0.497 e. The van der Waals surface area contributed by atoms with Crippen molar-refractivity contribution in [3.8, 4) is 5.75 Å². The fraction of sp³-hybridized carbons (Fsp3) is 0.350. The highest BCUT2D eigenvalue weighted by atomic mass is 16.5. The van der Waals surface area contributed by atoms with Gasteiger partial charge in [-0.2, -0.15) is 0 Å². The van der Waals surface area contributed by atoms with Crippen molar-refractivity contribution in [3.05, 3.63) is 53.3 Å². The molecule has 1 aliphatic heterocycles. The Hall–Kier alpha value is -3.09. The molecule has 27 heavy (non-hydrogen) atoms. The van der Waals surface area contributed by atoms with Crippen LogP contribution in [0.15, 0.2) is 36.5 Å². The van der Waals surface area contributed by atoms with E-state index in [4.69, 9.17) is 4.74 Å². The molecule has 2 heterocycles. The third kappa shape index (κ3) is 4.36. The number of methoxy groups -OCH3 is 1. The van der Waals surface area contributed by atoms with E-state index in [9.17, 15) is 14.4 Å². The van der Waals surface area contributed by atoms with E-state index in [1.165, 1.54) is 6.92 Å². The molecule has 7 nitrogen and oxygen atoms in total. The van der Waals surface area contributed by atoms with Crippen LogP contribution in [-0.2, 0) is 11.2 Å². The van der Waals surface area contributed by atoms with Crippen molar-refractivity contribution >= 4 is 17.6 Å². The minimum absolute atomic E-state index is 0.0362. The van der Waals surface area contributed by atoms with E-state index in [-0.39, 0.29) is 17.6 Å². The molecular weight excluding hydrogens is 346 g/mol. The summed E-state index contributed by atoms with van der Waals surface area (Å²) in [5, 5.41) is 0. The van der Waals surface area contributed by atoms with Crippen molar-refractivity contribution in [2.24, 2.45) is 0 Å². The van der Waals surface area contributed by atoms with Crippen LogP contribution in [0.3, 0.4) is 0 Å². The molecule has 0 radical (unpaired) electrons. The zero-order valence-corrected chi connectivity index (χ0v) is 15.5. The smallest absolute Gasteiger partial charge is 0.270 e. The molecule has 0 unspecified atom stereocenters. The molecule has 0 bridgehead atoms. The predicted molar refractivity (Wildman–Crippen MR) is 100.0 cm³/mol. The highest BCUT2D eigenvalue weighted by molar-refractivity contribution is 5.99. The van der Waals surface area contributed by atoms with Gasteiger partial charge in [-0.25, -0.2) is 0 Å². The Morgan fingerprint density at radius 3 is 2.41 bits per heavy atom. The van der Waals surface area contributed by atoms with Crippen LogP contribution in [0.4, 0.5) is 0 Å². The lowest BCUT2D eigenvalue weighted by Crippen LogP contribution is -2.51. The number of carbonyl (C=O) groups is 3. The fourth-order valence-corrected chi connectivity index (χ4v) is 3.12. The Balaban J connectivity index is 1.55. The maximum absolute atomic E-state index is 12.5. The van der Waals surface area contributed by atoms with Gasteiger partial charge in [0.05, 0.1) is 13.5 Å². The topological polar surface area (TPSA) is 82.7 Å². The van der Waals surface area contributed by atoms with E-state index >= 15 is 0 Å². The average molecular weight is 369 g/mol. The first-order chi connectivity index (χ1) is 13.0. The van der Waals surface area contributed by atoms with Gasteiger partial charge in [0, 0.05) is 37.9 Å². The molecule has 1 fully saturated rings. The van der Waals surface area contributed by atoms with E-state index in [2.05, 4.69) is 4.98 Å². The van der Waals surface area contributed by atoms with Gasteiger partial charge in [-0.3, -0.25) is 14.4 Å². The molecular formula is C20H23N3O4. The van der Waals surface area contributed by atoms with Gasteiger partial charge in [-0.15, -0.1) is 0 Å². The minimum Gasteiger partial charge on any atom is -0.497 e. The average Bonchev–Trinajstić information content (AvgIpc) is 3.18. The highest BCUT2D eigenvalue weighted by Gasteiger charge is 2.25. The van der Waals surface area contributed by atoms with Crippen LogP contribution in [-0.4, -0.2) is 65.7 Å². The second-order valence-corrected chi connectivity index (χ2v) is 6.56. The van der Waals surface area contributed by atoms with Crippen molar-refractivity contribution in [3.63, 3.8) is 0 Å². The maximum atomic E-state index is 12.5. The third-order valence-corrected chi connectivity index (χ3v) is 4.73. The second kappa shape index (κ2) is 8.07. The van der Waals surface area contributed by atoms with Crippen molar-refractivity contribution in [1.29, 1.82) is 0 Å². The summed E-state index contributed by atoms with van der Waals surface area (Å²) in [5.41, 5.74) is 1.79. The molecule has 142 valence electrons. The summed E-state index contributed by atoms with van der Waals surface area (Å²) in [4.78, 5) is 42.8. The quantitative estimate of drug-likeness (QED) is 0.814. The minimum atomic E-state index is -0.151. The number of amides is 2. The van der Waals surface area contributed by atoms with Crippen molar-refractivity contribution < 1.29 is 19.1 Å². The number of Topliss-reactive ketones (excluding diaryl/α,β-unsaturated/α-hetero) is 1. The first-order valence-corrected chi connectivity index (χ1v) is 8.87. The Kier molecular flexibility index (Phi) is 5.59. The molecule has 0 saturated carbocycles. The van der Waals surface area contributed by atoms with E-state index in [0.717, 1.165) is 11.3 Å². The van der Waals surface area contributed by atoms with Gasteiger partial charge in [0.1, 0.15) is 11.4 Å². The van der Waals surface area contributed by atoms with Crippen molar-refractivity contribution in [2.75, 3.05) is 33.3 Å². The number of nitrogens with one attached hydrogen (secondary N) is 1. The van der Waals surface area contributed by atoms with Gasteiger partial charge in [0.15, 0.2) is 5.78 Å². The van der Waals surface area contributed by atoms with Crippen LogP contribution in [0.5, 0.6) is 5.75 Å². The summed E-state index contributed by atoms with van der Waals surface area (Å²) in [6.45, 7) is 3.39. The predicted octanol–water partition coefficient (Wildman–Crippen LogP) is 1.75. The molecule has 3 rings (SSSR count). The number of piperazine rings is 1. The third-order valence-electron chi connectivity index (χ3n) is 4.73. The van der Waals surface area contributed by atoms with Gasteiger partial charge in [0.2, 0.25) is 5.91 Å². The molecule has 1 N–H and O–H groups in total. The summed E-state index contributed by atoms with van der Waals surface area (Å²) >= 11 is 0. The van der Waals surface area contributed by atoms with Gasteiger partial charge in [-0.05, 0) is 30.7 Å². The number of hydrogen-bond donors (Lipinski definition) is 1. The van der Waals surface area contributed by atoms with Gasteiger partial charge < -0.3 is 19.5 Å². The number of rotatable bonds is 5. The van der Waals surface area contributed by atoms with E-state index < -0.39 is 0 Å². The lowest BCUT2D eigenvalue weighted by Gasteiger charge is -2.34. The number of benzene rings is 1. The lowest BCUT2D eigenvalue weighted by atomic mass is 10.1. The number of hydrogen-bond acceptors (Lipinski definition) is 4. The summed E-state index contributed by atoms with van der Waals surface area (Å²) in [6.07, 6.45) is 1.85. The number of aromatic amines is 1. The number of H-pyrrole nitrogens is 1. The highest BCUT2D eigenvalue weighted by Crippen LogP contribution is 2.15. The van der Waals surface area contributed by atoms with Crippen molar-refractivity contribution in [2.45, 2.75) is 13.3 Å². The molecule has 0 spiro atoms. The maximum Gasteiger partial charge on any atom is 0.270 e. The first kappa shape index (κ1) is 18.7. The van der Waals surface area contributed by atoms with Crippen LogP contribution in [0.1, 0.15) is 33.3 Å². The summed E-state index contributed by atoms with van der Waals surface area (Å²) < 4.78 is 5.19. The molecule has 1 saturated heterocycles. The molecule has 7 heteroatoms. The van der Waals surface area contributed by atoms with Crippen LogP contribution in [0.25, 0.3) is 0 Å². The Morgan fingerprint density at radius 2 is 1.78 bits per heavy atom. The summed E-state index contributed by atoms with van der Waals surface area (Å²) in [7, 11) is 1.60. The molecule has 2 aromatic rings. The van der Waals surface area contributed by atoms with Gasteiger partial charge in [-0.1, -0.05) is 12.1 Å². The normalized spacial score (nSPS) is 14.1. The Labute approximate surface area is 157 Å². The zero-order chi connectivity index (χ0) is 19.4. The molecule has 0 aliphatic carbocycles. The number of nitrogens with zero attached hydrogens (tertiary/aromatic N) is 2. The molecule has 0 atom stereocenters. The van der Waals surface area contributed by atoms with E-state index in [0.29, 0.717) is 43.9 Å². The Morgan fingerprint density at radius 1 is 1.07 bits per heavy atom. The zero-order valence-electron chi connectivity index (χ0n) is 15.5. The van der Waals surface area contributed by atoms with Crippen molar-refractivity contribution in [1.82, 2.24) is 14.8 Å². The van der Waals surface area contributed by atoms with E-state index in [1.807, 2.05) is 24.3 Å². The van der Waals surface area contributed by atoms with Crippen LogP contribution < -0.4 is 4.74 Å². The number of aromatic nitrogens is 1. The van der Waals surface area contributed by atoms with Gasteiger partial charge in [0.25, 0.3) is 5.91 Å². The standard InChI is InChI=1S/C20H23N3O4/c1-14(24)16-12-18(21-13-16)20(26)23-8-6-22(7-9-23)19(25)11-15-4-3-5-17(10-15)27-2/h3-5,10,12-13,21H,6-9,11H2,1-2H3. The van der Waals surface area contributed by atoms with Crippen LogP contribution in [0, 0.1) is 0 Å². The monoisotopic (exact) mass is 369 g/mol. The number of carbonyl (C=O) groups excluding carboxylic acids is 3. The summed E-state index contributed by atoms with van der Waals surface area (Å²) in [6, 6.07) is 9.04. The lowest BCUT2D eigenvalue weighted by molar-refractivity contribution is -0.131. The number of ether oxygens (including phenoxy) is 1. The summed E-state index contributed by atoms with van der Waals surface area (Å²) in [5.74, 6) is 0.529. The first-order valence-electron chi connectivity index (χ1n) is 8.87. The van der Waals surface area contributed by atoms with Crippen LogP contribution in [0.2, 0.25) is 0 Å². The second-order valence-electron chi connectivity index (χ2n) is 6.56. The van der Waals surface area contributed by atoms with E-state index in [1.54, 1.807) is 29.2 Å². The number of ketones is 1. The Bertz CT molecular complexity index is 850. The molecule has 1 aromatic carbocycles.